The molecule has 5 rings (SSSR count). The van der Waals surface area contributed by atoms with Crippen molar-refractivity contribution >= 4 is 27.7 Å². The molecule has 7 nitrogen and oxygen atoms in total. The summed E-state index contributed by atoms with van der Waals surface area (Å²) >= 11 is 3.59. The minimum absolute atomic E-state index is 0.0537. The molecule has 37 heavy (non-hydrogen) atoms. The summed E-state index contributed by atoms with van der Waals surface area (Å²) in [5, 5.41) is 6.85. The third-order valence-corrected chi connectivity index (χ3v) is 8.38. The molecule has 0 amide bonds. The van der Waals surface area contributed by atoms with Crippen LogP contribution in [-0.2, 0) is 31.8 Å². The highest BCUT2D eigenvalue weighted by molar-refractivity contribution is 9.09. The Labute approximate surface area is 228 Å². The number of halogens is 1. The fourth-order valence-electron chi connectivity index (χ4n) is 5.38. The van der Waals surface area contributed by atoms with E-state index in [2.05, 4.69) is 44.8 Å². The average Bonchev–Trinajstić information content (AvgIpc) is 3.66. The zero-order valence-corrected chi connectivity index (χ0v) is 23.0. The number of alkyl halides is 1. The lowest BCUT2D eigenvalue weighted by Crippen LogP contribution is -2.32. The highest BCUT2D eigenvalue weighted by atomic mass is 79.9. The maximum Gasteiger partial charge on any atom is 0.324 e. The van der Waals surface area contributed by atoms with Gasteiger partial charge in [-0.25, -0.2) is 4.98 Å². The summed E-state index contributed by atoms with van der Waals surface area (Å²) in [4.78, 5) is 17.3. The second-order valence-electron chi connectivity index (χ2n) is 10.3. The van der Waals surface area contributed by atoms with Gasteiger partial charge in [-0.3, -0.25) is 4.79 Å². The number of nitrogens with one attached hydrogen (secondary N) is 2. The lowest BCUT2D eigenvalue weighted by molar-refractivity contribution is -0.143. The number of esters is 1. The first-order valence-corrected chi connectivity index (χ1v) is 14.7. The van der Waals surface area contributed by atoms with Gasteiger partial charge < -0.3 is 24.8 Å². The first kappa shape index (κ1) is 26.6. The van der Waals surface area contributed by atoms with Gasteiger partial charge in [0.15, 0.2) is 0 Å². The zero-order valence-electron chi connectivity index (χ0n) is 21.4. The number of anilines is 1. The third-order valence-electron chi connectivity index (χ3n) is 7.51. The summed E-state index contributed by atoms with van der Waals surface area (Å²) in [7, 11) is 0. The molecule has 2 N–H and O–H groups in total. The van der Waals surface area contributed by atoms with Crippen molar-refractivity contribution in [2.75, 3.05) is 38.2 Å². The van der Waals surface area contributed by atoms with Crippen molar-refractivity contribution in [2.45, 2.75) is 74.4 Å². The van der Waals surface area contributed by atoms with Crippen LogP contribution in [0.15, 0.2) is 36.4 Å². The second-order valence-corrected chi connectivity index (χ2v) is 11.2. The molecule has 1 aromatic heterocycles. The van der Waals surface area contributed by atoms with Gasteiger partial charge in [-0.15, -0.1) is 0 Å². The maximum atomic E-state index is 12.9. The monoisotopic (exact) mass is 571 g/mol. The lowest BCUT2D eigenvalue weighted by Gasteiger charge is -2.27. The number of unbranched alkanes of at least 4 members (excludes halogenated alkanes) is 1. The van der Waals surface area contributed by atoms with Crippen molar-refractivity contribution in [1.82, 2.24) is 10.3 Å². The number of aryl methyl sites for hydroxylation is 2. The van der Waals surface area contributed by atoms with Crippen LogP contribution in [-0.4, -0.2) is 56.0 Å². The third kappa shape index (κ3) is 7.11. The Morgan fingerprint density at radius 2 is 2.08 bits per heavy atom. The summed E-state index contributed by atoms with van der Waals surface area (Å²) in [6.07, 6.45) is 8.48. The predicted molar refractivity (Wildman–Crippen MR) is 147 cm³/mol. The Hall–Kier alpha value is -2.00. The molecule has 0 aliphatic carbocycles. The van der Waals surface area contributed by atoms with Crippen LogP contribution < -0.4 is 10.6 Å². The van der Waals surface area contributed by atoms with Crippen LogP contribution in [0.1, 0.15) is 71.8 Å². The predicted octanol–water partition coefficient (Wildman–Crippen LogP) is 5.04. The Morgan fingerprint density at radius 1 is 1.16 bits per heavy atom. The molecule has 200 valence electrons. The molecule has 4 atom stereocenters. The number of pyridine rings is 1. The lowest BCUT2D eigenvalue weighted by atomic mass is 9.98. The minimum Gasteiger partial charge on any atom is -0.462 e. The fourth-order valence-corrected chi connectivity index (χ4v) is 5.93. The van der Waals surface area contributed by atoms with Crippen LogP contribution in [0.3, 0.4) is 0 Å². The number of hydrogen-bond acceptors (Lipinski definition) is 7. The van der Waals surface area contributed by atoms with Gasteiger partial charge in [0.2, 0.25) is 0 Å². The SMILES string of the molecule is O=C(OCC1CCc2ccc(CCCCO[C@@H]3CCNC3)nc2N1)C(Br)c1ccccc1C1CCCO1. The number of rotatable bonds is 11. The molecule has 4 heterocycles. The van der Waals surface area contributed by atoms with Crippen molar-refractivity contribution in [2.24, 2.45) is 0 Å². The Kier molecular flexibility index (Phi) is 9.48. The second kappa shape index (κ2) is 13.2. The summed E-state index contributed by atoms with van der Waals surface area (Å²) in [5.74, 6) is 0.660. The van der Waals surface area contributed by atoms with E-state index in [9.17, 15) is 4.79 Å². The molecule has 2 fully saturated rings. The summed E-state index contributed by atoms with van der Waals surface area (Å²) in [6.45, 7) is 3.95. The Morgan fingerprint density at radius 3 is 2.92 bits per heavy atom. The minimum atomic E-state index is -0.512. The maximum absolute atomic E-state index is 12.9. The summed E-state index contributed by atoms with van der Waals surface area (Å²) in [5.41, 5.74) is 4.32. The van der Waals surface area contributed by atoms with Gasteiger partial charge in [-0.2, -0.15) is 0 Å². The van der Waals surface area contributed by atoms with E-state index in [1.54, 1.807) is 0 Å². The van der Waals surface area contributed by atoms with Crippen LogP contribution >= 0.6 is 15.9 Å². The van der Waals surface area contributed by atoms with Crippen LogP contribution in [0.5, 0.6) is 0 Å². The largest absolute Gasteiger partial charge is 0.462 e. The van der Waals surface area contributed by atoms with Gasteiger partial charge in [0.05, 0.1) is 18.2 Å². The molecule has 8 heteroatoms. The average molecular weight is 573 g/mol. The molecule has 3 aliphatic heterocycles. The van der Waals surface area contributed by atoms with E-state index in [1.807, 2.05) is 18.2 Å². The van der Waals surface area contributed by atoms with Gasteiger partial charge in [0.1, 0.15) is 17.3 Å². The molecule has 2 aromatic rings. The van der Waals surface area contributed by atoms with Crippen molar-refractivity contribution in [3.8, 4) is 0 Å². The molecule has 0 bridgehead atoms. The zero-order chi connectivity index (χ0) is 25.5. The van der Waals surface area contributed by atoms with Crippen LogP contribution in [0.2, 0.25) is 0 Å². The van der Waals surface area contributed by atoms with Gasteiger partial charge >= 0.3 is 5.97 Å². The highest BCUT2D eigenvalue weighted by Gasteiger charge is 2.28. The number of fused-ring (bicyclic) bond motifs is 1. The highest BCUT2D eigenvalue weighted by Crippen LogP contribution is 2.36. The van der Waals surface area contributed by atoms with Crippen molar-refractivity contribution < 1.29 is 19.0 Å². The van der Waals surface area contributed by atoms with Gasteiger partial charge in [0, 0.05) is 25.5 Å². The molecule has 0 radical (unpaired) electrons. The molecular formula is C29H38BrN3O4. The van der Waals surface area contributed by atoms with E-state index in [4.69, 9.17) is 19.2 Å². The number of carbonyl (C=O) groups excluding carboxylic acids is 1. The van der Waals surface area contributed by atoms with E-state index in [1.165, 1.54) is 5.56 Å². The number of aromatic nitrogens is 1. The van der Waals surface area contributed by atoms with E-state index in [0.717, 1.165) is 100 Å². The quantitative estimate of drug-likeness (QED) is 0.222. The molecule has 0 spiro atoms. The molecular weight excluding hydrogens is 534 g/mol. The van der Waals surface area contributed by atoms with Crippen molar-refractivity contribution in [1.29, 1.82) is 0 Å². The van der Waals surface area contributed by atoms with Gasteiger partial charge in [0.25, 0.3) is 0 Å². The van der Waals surface area contributed by atoms with E-state index >= 15 is 0 Å². The number of ether oxygens (including phenoxy) is 3. The number of nitrogens with zero attached hydrogens (tertiary/aromatic N) is 1. The number of benzene rings is 1. The van der Waals surface area contributed by atoms with Crippen molar-refractivity contribution in [3.05, 3.63) is 58.8 Å². The Balaban J connectivity index is 1.09. The molecule has 3 aliphatic rings. The molecule has 2 saturated heterocycles. The molecule has 3 unspecified atom stereocenters. The normalized spacial score (nSPS) is 23.9. The van der Waals surface area contributed by atoms with Crippen LogP contribution in [0, 0.1) is 0 Å². The first-order chi connectivity index (χ1) is 18.2. The molecule has 0 saturated carbocycles. The van der Waals surface area contributed by atoms with Gasteiger partial charge in [-0.1, -0.05) is 46.3 Å². The van der Waals surface area contributed by atoms with E-state index < -0.39 is 4.83 Å². The van der Waals surface area contributed by atoms with Crippen LogP contribution in [0.25, 0.3) is 0 Å². The number of hydrogen-bond donors (Lipinski definition) is 2. The Bertz CT molecular complexity index is 1040. The van der Waals surface area contributed by atoms with Crippen molar-refractivity contribution in [3.63, 3.8) is 0 Å². The van der Waals surface area contributed by atoms with E-state index in [-0.39, 0.29) is 18.1 Å². The topological polar surface area (TPSA) is 81.7 Å². The fraction of sp³-hybridized carbons (Fsp3) is 0.586. The van der Waals surface area contributed by atoms with E-state index in [0.29, 0.717) is 12.7 Å². The standard InChI is InChI=1S/C29H38BrN3O4/c30-27(25-8-2-1-7-24(25)26-9-5-17-36-26)29(34)37-19-22-13-11-20-10-12-21(32-28(20)33-22)6-3-4-16-35-23-14-15-31-18-23/h1-2,7-8,10,12,22-23,26-27,31H,3-6,9,11,13-19H2,(H,32,33)/t22?,23-,26?,27?/m1/s1. The van der Waals surface area contributed by atoms with Gasteiger partial charge in [-0.05, 0) is 80.7 Å². The smallest absolute Gasteiger partial charge is 0.324 e. The first-order valence-electron chi connectivity index (χ1n) is 13.8. The summed E-state index contributed by atoms with van der Waals surface area (Å²) in [6, 6.07) is 12.4. The van der Waals surface area contributed by atoms with Crippen LogP contribution in [0.4, 0.5) is 5.82 Å². The number of carbonyl (C=O) groups is 1. The molecule has 1 aromatic carbocycles. The summed E-state index contributed by atoms with van der Waals surface area (Å²) < 4.78 is 17.5.